The molecule has 0 radical (unpaired) electrons. The summed E-state index contributed by atoms with van der Waals surface area (Å²) in [5.74, 6) is -1.03. The number of methoxy groups -OCH3 is 1. The van der Waals surface area contributed by atoms with Gasteiger partial charge in [0.2, 0.25) is 0 Å². The summed E-state index contributed by atoms with van der Waals surface area (Å²) in [5, 5.41) is 2.79. The maximum Gasteiger partial charge on any atom is 0.338 e. The van der Waals surface area contributed by atoms with Crippen molar-refractivity contribution in [2.45, 2.75) is 30.8 Å². The van der Waals surface area contributed by atoms with Crippen molar-refractivity contribution in [2.24, 2.45) is 0 Å². The highest BCUT2D eigenvalue weighted by Gasteiger charge is 2.22. The molecule has 8 nitrogen and oxygen atoms in total. The third-order valence-electron chi connectivity index (χ3n) is 4.85. The number of ether oxygens (including phenoxy) is 2. The molecular formula is C21H24N2O6S. The number of rotatable bonds is 7. The lowest BCUT2D eigenvalue weighted by Crippen LogP contribution is -2.32. The van der Waals surface area contributed by atoms with Gasteiger partial charge in [0.15, 0.2) is 0 Å². The van der Waals surface area contributed by atoms with Crippen molar-refractivity contribution in [3.63, 3.8) is 0 Å². The topological polar surface area (TPSA) is 111 Å². The largest absolute Gasteiger partial charge is 0.465 e. The molecule has 2 aromatic rings. The zero-order valence-electron chi connectivity index (χ0n) is 16.8. The third-order valence-corrected chi connectivity index (χ3v) is 6.22. The van der Waals surface area contributed by atoms with Gasteiger partial charge >= 0.3 is 5.97 Å². The molecule has 0 aromatic heterocycles. The fourth-order valence-electron chi connectivity index (χ4n) is 3.18. The van der Waals surface area contributed by atoms with Crippen LogP contribution in [0.25, 0.3) is 0 Å². The average molecular weight is 432 g/mol. The number of sulfonamides is 1. The molecule has 1 aliphatic heterocycles. The average Bonchev–Trinajstić information content (AvgIpc) is 3.25. The van der Waals surface area contributed by atoms with Crippen LogP contribution in [-0.2, 0) is 19.5 Å². The van der Waals surface area contributed by atoms with Crippen LogP contribution in [-0.4, -0.2) is 46.7 Å². The predicted molar refractivity (Wildman–Crippen MR) is 111 cm³/mol. The number of carbonyl (C=O) groups is 2. The minimum absolute atomic E-state index is 0.0258. The highest BCUT2D eigenvalue weighted by atomic mass is 32.2. The smallest absolute Gasteiger partial charge is 0.338 e. The molecular weight excluding hydrogens is 408 g/mol. The number of hydrogen-bond donors (Lipinski definition) is 2. The molecule has 30 heavy (non-hydrogen) atoms. The Kier molecular flexibility index (Phi) is 6.73. The first kappa shape index (κ1) is 21.8. The summed E-state index contributed by atoms with van der Waals surface area (Å²) < 4.78 is 38.4. The second-order valence-corrected chi connectivity index (χ2v) is 8.65. The van der Waals surface area contributed by atoms with Gasteiger partial charge in [-0.2, -0.15) is 0 Å². The lowest BCUT2D eigenvalue weighted by molar-refractivity contribution is 0.0599. The van der Waals surface area contributed by atoms with Gasteiger partial charge in [0.25, 0.3) is 15.9 Å². The number of amides is 1. The van der Waals surface area contributed by atoms with Gasteiger partial charge in [0.05, 0.1) is 34.9 Å². The lowest BCUT2D eigenvalue weighted by atomic mass is 10.1. The van der Waals surface area contributed by atoms with Gasteiger partial charge in [-0.05, 0) is 49.6 Å². The van der Waals surface area contributed by atoms with Crippen LogP contribution in [0.5, 0.6) is 0 Å². The molecule has 1 saturated heterocycles. The number of carbonyl (C=O) groups excluding carboxylic acids is 2. The minimum Gasteiger partial charge on any atom is -0.465 e. The zero-order valence-corrected chi connectivity index (χ0v) is 17.6. The molecule has 0 aliphatic carbocycles. The number of nitrogens with one attached hydrogen (secondary N) is 2. The maximum absolute atomic E-state index is 12.9. The van der Waals surface area contributed by atoms with Gasteiger partial charge in [-0.15, -0.1) is 0 Å². The van der Waals surface area contributed by atoms with E-state index in [1.54, 1.807) is 19.1 Å². The predicted octanol–water partition coefficient (Wildman–Crippen LogP) is 2.49. The van der Waals surface area contributed by atoms with Crippen LogP contribution in [0.2, 0.25) is 0 Å². The summed E-state index contributed by atoms with van der Waals surface area (Å²) in [7, 11) is -2.81. The monoisotopic (exact) mass is 432 g/mol. The molecule has 1 aliphatic rings. The van der Waals surface area contributed by atoms with Crippen molar-refractivity contribution in [1.82, 2.24) is 5.32 Å². The normalized spacial score (nSPS) is 16.1. The van der Waals surface area contributed by atoms with E-state index in [2.05, 4.69) is 10.0 Å². The summed E-state index contributed by atoms with van der Waals surface area (Å²) in [6.45, 7) is 2.73. The number of benzene rings is 2. The van der Waals surface area contributed by atoms with E-state index in [4.69, 9.17) is 9.47 Å². The molecule has 1 heterocycles. The molecule has 2 N–H and O–H groups in total. The molecule has 1 fully saturated rings. The van der Waals surface area contributed by atoms with Crippen molar-refractivity contribution in [3.05, 3.63) is 59.2 Å². The Labute approximate surface area is 175 Å². The molecule has 0 spiro atoms. The van der Waals surface area contributed by atoms with E-state index in [9.17, 15) is 18.0 Å². The van der Waals surface area contributed by atoms with Crippen molar-refractivity contribution in [3.8, 4) is 0 Å². The summed E-state index contributed by atoms with van der Waals surface area (Å²) in [4.78, 5) is 24.4. The van der Waals surface area contributed by atoms with E-state index in [0.29, 0.717) is 18.7 Å². The van der Waals surface area contributed by atoms with Gasteiger partial charge in [-0.1, -0.05) is 18.2 Å². The SMILES string of the molecule is COC(=O)c1cc(S(=O)(=O)Nc2ccccc2C(=O)NCC2CCCO2)ccc1C. The number of anilines is 1. The third kappa shape index (κ3) is 4.98. The van der Waals surface area contributed by atoms with E-state index < -0.39 is 21.9 Å². The Morgan fingerprint density at radius 1 is 1.17 bits per heavy atom. The van der Waals surface area contributed by atoms with Crippen molar-refractivity contribution in [2.75, 3.05) is 25.0 Å². The van der Waals surface area contributed by atoms with Crippen LogP contribution >= 0.6 is 0 Å². The van der Waals surface area contributed by atoms with Crippen LogP contribution in [0.4, 0.5) is 5.69 Å². The first-order valence-corrected chi connectivity index (χ1v) is 11.0. The Morgan fingerprint density at radius 2 is 1.93 bits per heavy atom. The molecule has 1 amide bonds. The quantitative estimate of drug-likeness (QED) is 0.651. The Morgan fingerprint density at radius 3 is 2.63 bits per heavy atom. The highest BCUT2D eigenvalue weighted by molar-refractivity contribution is 7.92. The number of aryl methyl sites for hydroxylation is 1. The molecule has 9 heteroatoms. The fraction of sp³-hybridized carbons (Fsp3) is 0.333. The Balaban J connectivity index is 1.82. The fourth-order valence-corrected chi connectivity index (χ4v) is 4.28. The Hall–Kier alpha value is -2.91. The summed E-state index contributed by atoms with van der Waals surface area (Å²) >= 11 is 0. The van der Waals surface area contributed by atoms with Crippen molar-refractivity contribution in [1.29, 1.82) is 0 Å². The van der Waals surface area contributed by atoms with Crippen LogP contribution in [0, 0.1) is 6.92 Å². The summed E-state index contributed by atoms with van der Waals surface area (Å²) in [5.41, 5.74) is 1.08. The lowest BCUT2D eigenvalue weighted by Gasteiger charge is -2.15. The zero-order chi connectivity index (χ0) is 21.7. The highest BCUT2D eigenvalue weighted by Crippen LogP contribution is 2.22. The van der Waals surface area contributed by atoms with E-state index in [-0.39, 0.29) is 27.8 Å². The molecule has 0 bridgehead atoms. The van der Waals surface area contributed by atoms with E-state index in [1.165, 1.54) is 37.4 Å². The minimum atomic E-state index is -4.04. The molecule has 0 saturated carbocycles. The molecule has 1 unspecified atom stereocenters. The van der Waals surface area contributed by atoms with Crippen LogP contribution in [0.15, 0.2) is 47.4 Å². The summed E-state index contributed by atoms with van der Waals surface area (Å²) in [6.07, 6.45) is 1.81. The first-order valence-electron chi connectivity index (χ1n) is 9.52. The van der Waals surface area contributed by atoms with Gasteiger partial charge in [0.1, 0.15) is 0 Å². The van der Waals surface area contributed by atoms with Gasteiger partial charge in [-0.3, -0.25) is 9.52 Å². The first-order chi connectivity index (χ1) is 14.3. The maximum atomic E-state index is 12.9. The van der Waals surface area contributed by atoms with Gasteiger partial charge < -0.3 is 14.8 Å². The number of hydrogen-bond acceptors (Lipinski definition) is 6. The second kappa shape index (κ2) is 9.27. The second-order valence-electron chi connectivity index (χ2n) is 6.96. The molecule has 1 atom stereocenters. The summed E-state index contributed by atoms with van der Waals surface area (Å²) in [6, 6.07) is 10.5. The van der Waals surface area contributed by atoms with Crippen molar-refractivity contribution < 1.29 is 27.5 Å². The Bertz CT molecular complexity index is 1050. The standard InChI is InChI=1S/C21H24N2O6S/c1-14-9-10-16(12-18(14)21(25)28-2)30(26,27)23-19-8-4-3-7-17(19)20(24)22-13-15-6-5-11-29-15/h3-4,7-10,12,15,23H,5-6,11,13H2,1-2H3,(H,22,24). The molecule has 160 valence electrons. The molecule has 3 rings (SSSR count). The van der Waals surface area contributed by atoms with E-state index in [1.807, 2.05) is 0 Å². The number of para-hydroxylation sites is 1. The van der Waals surface area contributed by atoms with E-state index in [0.717, 1.165) is 12.8 Å². The van der Waals surface area contributed by atoms with Gasteiger partial charge in [0, 0.05) is 13.2 Å². The number of esters is 1. The van der Waals surface area contributed by atoms with Crippen LogP contribution in [0.1, 0.15) is 39.1 Å². The van der Waals surface area contributed by atoms with E-state index >= 15 is 0 Å². The van der Waals surface area contributed by atoms with Crippen molar-refractivity contribution >= 4 is 27.6 Å². The van der Waals surface area contributed by atoms with Gasteiger partial charge in [-0.25, -0.2) is 13.2 Å². The molecule has 2 aromatic carbocycles. The van der Waals surface area contributed by atoms with Crippen LogP contribution < -0.4 is 10.0 Å². The van der Waals surface area contributed by atoms with Crippen LogP contribution in [0.3, 0.4) is 0 Å².